The van der Waals surface area contributed by atoms with Crippen LogP contribution in [0.1, 0.15) is 25.5 Å². The van der Waals surface area contributed by atoms with Crippen LogP contribution in [0.4, 0.5) is 4.39 Å². The molecule has 0 saturated heterocycles. The highest BCUT2D eigenvalue weighted by Gasteiger charge is 2.26. The van der Waals surface area contributed by atoms with Crippen molar-refractivity contribution >= 4 is 15.9 Å². The fourth-order valence-electron chi connectivity index (χ4n) is 2.33. The van der Waals surface area contributed by atoms with Gasteiger partial charge in [-0.1, -0.05) is 29.8 Å². The molecule has 1 aromatic carbocycles. The lowest BCUT2D eigenvalue weighted by Crippen LogP contribution is -2.35. The summed E-state index contributed by atoms with van der Waals surface area (Å²) in [5.74, 6) is 0.649. The maximum Gasteiger partial charge on any atom is 0.128 e. The highest BCUT2D eigenvalue weighted by molar-refractivity contribution is 9.10. The molecular weight excluding hydrogens is 295 g/mol. The third-order valence-electron chi connectivity index (χ3n) is 3.33. The van der Waals surface area contributed by atoms with Gasteiger partial charge in [0.05, 0.1) is 0 Å². The van der Waals surface area contributed by atoms with Crippen LogP contribution < -0.4 is 10.6 Å². The van der Waals surface area contributed by atoms with Crippen LogP contribution in [0.2, 0.25) is 0 Å². The second kappa shape index (κ2) is 7.22. The number of rotatable bonds is 6. The molecule has 2 N–H and O–H groups in total. The molecule has 0 bridgehead atoms. The van der Waals surface area contributed by atoms with E-state index in [1.54, 1.807) is 6.07 Å². The first-order valence-corrected chi connectivity index (χ1v) is 7.07. The molecule has 1 rings (SSSR count). The molecule has 0 amide bonds. The van der Waals surface area contributed by atoms with Crippen LogP contribution in [0.25, 0.3) is 0 Å². The lowest BCUT2D eigenvalue weighted by atomic mass is 9.84. The maximum absolute atomic E-state index is 14.0. The summed E-state index contributed by atoms with van der Waals surface area (Å²) >= 11 is 3.41. The minimum atomic E-state index is -0.153. The van der Waals surface area contributed by atoms with Gasteiger partial charge in [0.25, 0.3) is 0 Å². The fraction of sp³-hybridized carbons (Fsp3) is 0.571. The molecule has 0 radical (unpaired) electrons. The molecular formula is C14H22BrFN2. The minimum absolute atomic E-state index is 0.00921. The molecule has 0 aliphatic heterocycles. The molecule has 18 heavy (non-hydrogen) atoms. The summed E-state index contributed by atoms with van der Waals surface area (Å²) in [6.07, 6.45) is 0. The summed E-state index contributed by atoms with van der Waals surface area (Å²) in [4.78, 5) is 0. The number of nitrogens with one attached hydrogen (secondary N) is 2. The zero-order valence-electron chi connectivity index (χ0n) is 11.4. The fourth-order valence-corrected chi connectivity index (χ4v) is 2.71. The SMILES string of the molecule is CNCC(C(C)C)C(NC)c1cc(Br)ccc1F. The van der Waals surface area contributed by atoms with E-state index >= 15 is 0 Å². The second-order valence-electron chi connectivity index (χ2n) is 4.90. The molecule has 0 aliphatic carbocycles. The highest BCUT2D eigenvalue weighted by Crippen LogP contribution is 2.30. The van der Waals surface area contributed by atoms with Crippen molar-refractivity contribution < 1.29 is 4.39 Å². The van der Waals surface area contributed by atoms with Crippen LogP contribution >= 0.6 is 15.9 Å². The van der Waals surface area contributed by atoms with E-state index in [0.717, 1.165) is 16.6 Å². The monoisotopic (exact) mass is 316 g/mol. The summed E-state index contributed by atoms with van der Waals surface area (Å²) in [5, 5.41) is 6.45. The van der Waals surface area contributed by atoms with Gasteiger partial charge in [-0.15, -0.1) is 0 Å². The molecule has 0 spiro atoms. The average Bonchev–Trinajstić information content (AvgIpc) is 2.33. The Morgan fingerprint density at radius 3 is 2.44 bits per heavy atom. The number of benzene rings is 1. The molecule has 4 heteroatoms. The van der Waals surface area contributed by atoms with E-state index in [1.165, 1.54) is 6.07 Å². The van der Waals surface area contributed by atoms with E-state index in [9.17, 15) is 4.39 Å². The average molecular weight is 317 g/mol. The van der Waals surface area contributed by atoms with E-state index in [0.29, 0.717) is 11.8 Å². The van der Waals surface area contributed by atoms with Gasteiger partial charge in [0.2, 0.25) is 0 Å². The van der Waals surface area contributed by atoms with E-state index in [4.69, 9.17) is 0 Å². The Hall–Kier alpha value is -0.450. The quantitative estimate of drug-likeness (QED) is 0.841. The Morgan fingerprint density at radius 2 is 1.94 bits per heavy atom. The molecule has 102 valence electrons. The first-order chi connectivity index (χ1) is 8.51. The van der Waals surface area contributed by atoms with E-state index in [2.05, 4.69) is 40.4 Å². The first-order valence-electron chi connectivity index (χ1n) is 6.28. The summed E-state index contributed by atoms with van der Waals surface area (Å²) < 4.78 is 14.9. The van der Waals surface area contributed by atoms with Crippen LogP contribution in [-0.4, -0.2) is 20.6 Å². The third kappa shape index (κ3) is 3.77. The van der Waals surface area contributed by atoms with Gasteiger partial charge in [0.1, 0.15) is 5.82 Å². The van der Waals surface area contributed by atoms with Crippen molar-refractivity contribution in [3.63, 3.8) is 0 Å². The smallest absolute Gasteiger partial charge is 0.128 e. The van der Waals surface area contributed by atoms with Gasteiger partial charge in [-0.05, 0) is 50.7 Å². The standard InChI is InChI=1S/C14H22BrFN2/c1-9(2)12(8-17-3)14(18-4)11-7-10(15)5-6-13(11)16/h5-7,9,12,14,17-18H,8H2,1-4H3. The maximum atomic E-state index is 14.0. The number of hydrogen-bond donors (Lipinski definition) is 2. The van der Waals surface area contributed by atoms with Gasteiger partial charge in [0.15, 0.2) is 0 Å². The first kappa shape index (κ1) is 15.6. The van der Waals surface area contributed by atoms with E-state index in [-0.39, 0.29) is 11.9 Å². The predicted molar refractivity (Wildman–Crippen MR) is 78.2 cm³/mol. The van der Waals surface area contributed by atoms with Crippen LogP contribution in [-0.2, 0) is 0 Å². The molecule has 2 atom stereocenters. The van der Waals surface area contributed by atoms with Crippen LogP contribution in [0.5, 0.6) is 0 Å². The predicted octanol–water partition coefficient (Wildman–Crippen LogP) is 3.34. The Labute approximate surface area is 117 Å². The molecule has 0 saturated carbocycles. The van der Waals surface area contributed by atoms with Crippen molar-refractivity contribution in [2.75, 3.05) is 20.6 Å². The third-order valence-corrected chi connectivity index (χ3v) is 3.82. The van der Waals surface area contributed by atoms with E-state index in [1.807, 2.05) is 20.2 Å². The Bertz CT molecular complexity index is 382. The van der Waals surface area contributed by atoms with Crippen molar-refractivity contribution in [2.24, 2.45) is 11.8 Å². The van der Waals surface area contributed by atoms with Crippen LogP contribution in [0.15, 0.2) is 22.7 Å². The topological polar surface area (TPSA) is 24.1 Å². The van der Waals surface area contributed by atoms with Gasteiger partial charge < -0.3 is 10.6 Å². The van der Waals surface area contributed by atoms with Crippen molar-refractivity contribution in [3.05, 3.63) is 34.1 Å². The lowest BCUT2D eigenvalue weighted by molar-refractivity contribution is 0.279. The molecule has 2 nitrogen and oxygen atoms in total. The molecule has 1 aromatic rings. The van der Waals surface area contributed by atoms with Gasteiger partial charge in [0, 0.05) is 16.1 Å². The second-order valence-corrected chi connectivity index (χ2v) is 5.81. The lowest BCUT2D eigenvalue weighted by Gasteiger charge is -2.30. The largest absolute Gasteiger partial charge is 0.319 e. The van der Waals surface area contributed by atoms with Crippen molar-refractivity contribution in [2.45, 2.75) is 19.9 Å². The number of halogens is 2. The summed E-state index contributed by atoms with van der Waals surface area (Å²) in [7, 11) is 3.81. The molecule has 2 unspecified atom stereocenters. The van der Waals surface area contributed by atoms with Crippen molar-refractivity contribution in [1.82, 2.24) is 10.6 Å². The summed E-state index contributed by atoms with van der Waals surface area (Å²) in [6, 6.07) is 5.12. The van der Waals surface area contributed by atoms with Gasteiger partial charge in [-0.2, -0.15) is 0 Å². The molecule has 0 aliphatic rings. The summed E-state index contributed by atoms with van der Waals surface area (Å²) in [5.41, 5.74) is 0.723. The summed E-state index contributed by atoms with van der Waals surface area (Å²) in [6.45, 7) is 5.19. The van der Waals surface area contributed by atoms with Crippen LogP contribution in [0, 0.1) is 17.7 Å². The number of hydrogen-bond acceptors (Lipinski definition) is 2. The van der Waals surface area contributed by atoms with Gasteiger partial charge in [-0.25, -0.2) is 4.39 Å². The normalized spacial score (nSPS) is 14.8. The molecule has 0 heterocycles. The minimum Gasteiger partial charge on any atom is -0.319 e. The van der Waals surface area contributed by atoms with Crippen LogP contribution in [0.3, 0.4) is 0 Å². The zero-order valence-corrected chi connectivity index (χ0v) is 13.0. The zero-order chi connectivity index (χ0) is 13.7. The molecule has 0 aromatic heterocycles. The van der Waals surface area contributed by atoms with Gasteiger partial charge in [-0.3, -0.25) is 0 Å². The Kier molecular flexibility index (Phi) is 6.26. The Morgan fingerprint density at radius 1 is 1.28 bits per heavy atom. The van der Waals surface area contributed by atoms with Gasteiger partial charge >= 0.3 is 0 Å². The van der Waals surface area contributed by atoms with Crippen molar-refractivity contribution in [3.8, 4) is 0 Å². The highest BCUT2D eigenvalue weighted by atomic mass is 79.9. The molecule has 0 fully saturated rings. The van der Waals surface area contributed by atoms with Crippen molar-refractivity contribution in [1.29, 1.82) is 0 Å². The van der Waals surface area contributed by atoms with E-state index < -0.39 is 0 Å². The Balaban J connectivity index is 3.10.